The van der Waals surface area contributed by atoms with E-state index in [-0.39, 0.29) is 5.43 Å². The Morgan fingerprint density at radius 2 is 2.14 bits per heavy atom. The molecule has 1 aromatic carbocycles. The lowest BCUT2D eigenvalue weighted by atomic mass is 9.98. The number of piperidine rings is 1. The molecule has 116 valence electrons. The van der Waals surface area contributed by atoms with Crippen LogP contribution in [0.2, 0.25) is 0 Å². The minimum absolute atomic E-state index is 0.0806. The van der Waals surface area contributed by atoms with Gasteiger partial charge < -0.3 is 4.42 Å². The zero-order valence-corrected chi connectivity index (χ0v) is 13.2. The van der Waals surface area contributed by atoms with Gasteiger partial charge in [0, 0.05) is 19.2 Å². The molecule has 0 spiro atoms. The molecule has 0 amide bonds. The molecule has 3 heteroatoms. The third-order valence-electron chi connectivity index (χ3n) is 5.01. The van der Waals surface area contributed by atoms with Crippen molar-refractivity contribution in [3.05, 3.63) is 45.8 Å². The molecule has 4 rings (SSSR count). The lowest BCUT2D eigenvalue weighted by molar-refractivity contribution is 0.176. The van der Waals surface area contributed by atoms with Crippen LogP contribution in [0.15, 0.2) is 33.7 Å². The summed E-state index contributed by atoms with van der Waals surface area (Å²) in [5.41, 5.74) is 3.40. The van der Waals surface area contributed by atoms with Gasteiger partial charge in [-0.3, -0.25) is 9.69 Å². The monoisotopic (exact) mass is 297 g/mol. The molecule has 0 bridgehead atoms. The smallest absolute Gasteiger partial charge is 0.192 e. The van der Waals surface area contributed by atoms with Gasteiger partial charge in [-0.05, 0) is 61.3 Å². The Morgan fingerprint density at radius 3 is 2.91 bits per heavy atom. The number of hydrogen-bond acceptors (Lipinski definition) is 3. The molecule has 1 saturated carbocycles. The maximum absolute atomic E-state index is 12.2. The van der Waals surface area contributed by atoms with Gasteiger partial charge >= 0.3 is 0 Å². The van der Waals surface area contributed by atoms with Crippen molar-refractivity contribution >= 4 is 11.0 Å². The number of hydrogen-bond donors (Lipinski definition) is 0. The van der Waals surface area contributed by atoms with Crippen LogP contribution in [0.3, 0.4) is 0 Å². The molecule has 1 aliphatic heterocycles. The van der Waals surface area contributed by atoms with E-state index in [0.717, 1.165) is 23.4 Å². The van der Waals surface area contributed by atoms with Crippen LogP contribution in [0.25, 0.3) is 11.0 Å². The van der Waals surface area contributed by atoms with Gasteiger partial charge in [-0.1, -0.05) is 13.0 Å². The van der Waals surface area contributed by atoms with E-state index in [2.05, 4.69) is 17.9 Å². The predicted octanol–water partition coefficient (Wildman–Crippen LogP) is 3.90. The standard InChI is InChI=1S/C19H23NO2/c1-13-3-2-7-20(11-13)12-14-9-16(15-4-5-15)19-17(10-14)18(21)6-8-22-19/h6,8-10,13,15H,2-5,7,11-12H2,1H3/t13-/m0/s1. The van der Waals surface area contributed by atoms with E-state index >= 15 is 0 Å². The molecule has 1 atom stereocenters. The summed E-state index contributed by atoms with van der Waals surface area (Å²) in [7, 11) is 0. The van der Waals surface area contributed by atoms with E-state index in [4.69, 9.17) is 4.42 Å². The summed E-state index contributed by atoms with van der Waals surface area (Å²) in [6.07, 6.45) is 6.59. The van der Waals surface area contributed by atoms with Crippen LogP contribution < -0.4 is 5.43 Å². The first kappa shape index (κ1) is 14.0. The third kappa shape index (κ3) is 2.70. The van der Waals surface area contributed by atoms with Crippen molar-refractivity contribution in [2.45, 2.75) is 45.1 Å². The first-order valence-corrected chi connectivity index (χ1v) is 8.47. The van der Waals surface area contributed by atoms with E-state index < -0.39 is 0 Å². The average Bonchev–Trinajstić information content (AvgIpc) is 3.32. The van der Waals surface area contributed by atoms with Crippen LogP contribution in [-0.4, -0.2) is 18.0 Å². The van der Waals surface area contributed by atoms with Gasteiger partial charge in [0.1, 0.15) is 5.58 Å². The molecule has 1 aliphatic carbocycles. The van der Waals surface area contributed by atoms with Gasteiger partial charge in [0.2, 0.25) is 0 Å². The minimum Gasteiger partial charge on any atom is -0.464 e. The van der Waals surface area contributed by atoms with Crippen molar-refractivity contribution in [3.8, 4) is 0 Å². The van der Waals surface area contributed by atoms with Gasteiger partial charge in [0.15, 0.2) is 5.43 Å². The number of benzene rings is 1. The minimum atomic E-state index is 0.0806. The molecular weight excluding hydrogens is 274 g/mol. The SMILES string of the molecule is C[C@H]1CCCN(Cc2cc(C3CC3)c3occc(=O)c3c2)C1. The Hall–Kier alpha value is -1.61. The molecule has 0 N–H and O–H groups in total. The zero-order valence-electron chi connectivity index (χ0n) is 13.2. The molecule has 0 radical (unpaired) electrons. The number of likely N-dealkylation sites (tertiary alicyclic amines) is 1. The van der Waals surface area contributed by atoms with Crippen LogP contribution in [0.5, 0.6) is 0 Å². The van der Waals surface area contributed by atoms with Gasteiger partial charge in [-0.15, -0.1) is 0 Å². The van der Waals surface area contributed by atoms with Gasteiger partial charge in [0.25, 0.3) is 0 Å². The van der Waals surface area contributed by atoms with Crippen molar-refractivity contribution in [2.24, 2.45) is 5.92 Å². The highest BCUT2D eigenvalue weighted by Crippen LogP contribution is 2.43. The molecule has 2 fully saturated rings. The summed E-state index contributed by atoms with van der Waals surface area (Å²) in [5.74, 6) is 1.37. The molecule has 22 heavy (non-hydrogen) atoms. The summed E-state index contributed by atoms with van der Waals surface area (Å²) in [6.45, 7) is 5.62. The number of fused-ring (bicyclic) bond motifs is 1. The topological polar surface area (TPSA) is 33.5 Å². The Morgan fingerprint density at radius 1 is 1.27 bits per heavy atom. The lowest BCUT2D eigenvalue weighted by Crippen LogP contribution is -2.33. The van der Waals surface area contributed by atoms with E-state index in [9.17, 15) is 4.79 Å². The largest absolute Gasteiger partial charge is 0.464 e. The molecular formula is C19H23NO2. The van der Waals surface area contributed by atoms with Crippen molar-refractivity contribution in [2.75, 3.05) is 13.1 Å². The highest BCUT2D eigenvalue weighted by Gasteiger charge is 2.28. The van der Waals surface area contributed by atoms with Crippen molar-refractivity contribution < 1.29 is 4.42 Å². The molecule has 0 unspecified atom stereocenters. The lowest BCUT2D eigenvalue weighted by Gasteiger charge is -2.31. The summed E-state index contributed by atoms with van der Waals surface area (Å²) in [5, 5.41) is 0.756. The second-order valence-corrected chi connectivity index (χ2v) is 7.10. The molecule has 2 aliphatic rings. The van der Waals surface area contributed by atoms with Gasteiger partial charge in [-0.25, -0.2) is 0 Å². The Bertz CT molecular complexity index is 745. The Balaban J connectivity index is 1.71. The van der Waals surface area contributed by atoms with E-state index in [0.29, 0.717) is 5.92 Å². The maximum atomic E-state index is 12.2. The second-order valence-electron chi connectivity index (χ2n) is 7.10. The van der Waals surface area contributed by atoms with Crippen LogP contribution >= 0.6 is 0 Å². The van der Waals surface area contributed by atoms with Crippen LogP contribution in [0.4, 0.5) is 0 Å². The fraction of sp³-hybridized carbons (Fsp3) is 0.526. The molecule has 2 heterocycles. The predicted molar refractivity (Wildman–Crippen MR) is 88.1 cm³/mol. The van der Waals surface area contributed by atoms with Crippen LogP contribution in [-0.2, 0) is 6.54 Å². The zero-order chi connectivity index (χ0) is 15.1. The van der Waals surface area contributed by atoms with E-state index in [1.165, 1.54) is 62.2 Å². The van der Waals surface area contributed by atoms with E-state index in [1.54, 1.807) is 0 Å². The number of nitrogens with zero attached hydrogens (tertiary/aromatic N) is 1. The molecule has 2 aromatic rings. The molecule has 3 nitrogen and oxygen atoms in total. The average molecular weight is 297 g/mol. The fourth-order valence-electron chi connectivity index (χ4n) is 3.76. The normalized spacial score (nSPS) is 23.0. The van der Waals surface area contributed by atoms with Gasteiger partial charge in [0.05, 0.1) is 11.6 Å². The summed E-state index contributed by atoms with van der Waals surface area (Å²) in [6, 6.07) is 5.86. The maximum Gasteiger partial charge on any atom is 0.192 e. The first-order valence-electron chi connectivity index (χ1n) is 8.47. The highest BCUT2D eigenvalue weighted by atomic mass is 16.3. The second kappa shape index (κ2) is 5.54. The third-order valence-corrected chi connectivity index (χ3v) is 5.01. The molecule has 1 saturated heterocycles. The fourth-order valence-corrected chi connectivity index (χ4v) is 3.76. The first-order chi connectivity index (χ1) is 10.7. The van der Waals surface area contributed by atoms with Crippen LogP contribution in [0, 0.1) is 5.92 Å². The van der Waals surface area contributed by atoms with Crippen LogP contribution in [0.1, 0.15) is 49.7 Å². The van der Waals surface area contributed by atoms with E-state index in [1.807, 2.05) is 6.07 Å². The molecule has 1 aromatic heterocycles. The Kier molecular flexibility index (Phi) is 3.53. The summed E-state index contributed by atoms with van der Waals surface area (Å²) < 4.78 is 5.67. The Labute approximate surface area is 130 Å². The number of rotatable bonds is 3. The summed E-state index contributed by atoms with van der Waals surface area (Å²) >= 11 is 0. The summed E-state index contributed by atoms with van der Waals surface area (Å²) in [4.78, 5) is 14.7. The van der Waals surface area contributed by atoms with Crippen molar-refractivity contribution in [3.63, 3.8) is 0 Å². The quantitative estimate of drug-likeness (QED) is 0.861. The van der Waals surface area contributed by atoms with Crippen molar-refractivity contribution in [1.29, 1.82) is 0 Å². The highest BCUT2D eigenvalue weighted by molar-refractivity contribution is 5.81. The van der Waals surface area contributed by atoms with Gasteiger partial charge in [-0.2, -0.15) is 0 Å². The van der Waals surface area contributed by atoms with Crippen molar-refractivity contribution in [1.82, 2.24) is 4.90 Å².